The molecule has 6 heteroatoms. The lowest BCUT2D eigenvalue weighted by atomic mass is 10.2. The SMILES string of the molecule is CCN1CCN(CCCNC(=O)CCC(=O)O)CC1. The number of piperazine rings is 1. The first-order chi connectivity index (χ1) is 9.11. The summed E-state index contributed by atoms with van der Waals surface area (Å²) in [5.74, 6) is -1.10. The van der Waals surface area contributed by atoms with Crippen molar-refractivity contribution >= 4 is 11.9 Å². The maximum absolute atomic E-state index is 11.3. The van der Waals surface area contributed by atoms with Crippen molar-refractivity contribution in [3.05, 3.63) is 0 Å². The number of aliphatic carboxylic acids is 1. The quantitative estimate of drug-likeness (QED) is 0.608. The minimum atomic E-state index is -0.927. The summed E-state index contributed by atoms with van der Waals surface area (Å²) < 4.78 is 0. The molecule has 19 heavy (non-hydrogen) atoms. The van der Waals surface area contributed by atoms with Gasteiger partial charge in [0.2, 0.25) is 5.91 Å². The smallest absolute Gasteiger partial charge is 0.303 e. The molecule has 0 saturated carbocycles. The van der Waals surface area contributed by atoms with Gasteiger partial charge in [-0.2, -0.15) is 0 Å². The van der Waals surface area contributed by atoms with E-state index in [9.17, 15) is 9.59 Å². The third-order valence-electron chi connectivity index (χ3n) is 3.45. The van der Waals surface area contributed by atoms with Crippen LogP contribution in [0.3, 0.4) is 0 Å². The molecular weight excluding hydrogens is 246 g/mol. The van der Waals surface area contributed by atoms with Gasteiger partial charge in [-0.1, -0.05) is 6.92 Å². The molecule has 0 aliphatic carbocycles. The Kier molecular flexibility index (Phi) is 7.43. The Bertz CT molecular complexity index is 289. The van der Waals surface area contributed by atoms with E-state index >= 15 is 0 Å². The van der Waals surface area contributed by atoms with Gasteiger partial charge < -0.3 is 20.2 Å². The van der Waals surface area contributed by atoms with E-state index in [-0.39, 0.29) is 18.7 Å². The van der Waals surface area contributed by atoms with Gasteiger partial charge in [0.1, 0.15) is 0 Å². The van der Waals surface area contributed by atoms with Gasteiger partial charge >= 0.3 is 5.97 Å². The minimum absolute atomic E-state index is 0.0739. The highest BCUT2D eigenvalue weighted by Gasteiger charge is 2.14. The van der Waals surface area contributed by atoms with Crippen molar-refractivity contribution in [1.29, 1.82) is 0 Å². The number of amides is 1. The van der Waals surface area contributed by atoms with Gasteiger partial charge in [0.05, 0.1) is 6.42 Å². The van der Waals surface area contributed by atoms with Crippen LogP contribution in [0.25, 0.3) is 0 Å². The molecule has 1 heterocycles. The van der Waals surface area contributed by atoms with E-state index in [0.717, 1.165) is 45.7 Å². The number of carbonyl (C=O) groups excluding carboxylic acids is 1. The Morgan fingerprint density at radius 2 is 1.74 bits per heavy atom. The Morgan fingerprint density at radius 1 is 1.11 bits per heavy atom. The molecule has 0 radical (unpaired) electrons. The molecule has 0 aromatic heterocycles. The van der Waals surface area contributed by atoms with E-state index < -0.39 is 5.97 Å². The van der Waals surface area contributed by atoms with Crippen molar-refractivity contribution in [1.82, 2.24) is 15.1 Å². The van der Waals surface area contributed by atoms with Crippen LogP contribution in [0.15, 0.2) is 0 Å². The zero-order chi connectivity index (χ0) is 14.1. The molecule has 0 atom stereocenters. The number of carboxylic acid groups (broad SMARTS) is 1. The highest BCUT2D eigenvalue weighted by Crippen LogP contribution is 2.01. The molecular formula is C13H25N3O3. The minimum Gasteiger partial charge on any atom is -0.481 e. The highest BCUT2D eigenvalue weighted by molar-refractivity contribution is 5.80. The standard InChI is InChI=1S/C13H25N3O3/c1-2-15-8-10-16(11-9-15)7-3-6-14-12(17)4-5-13(18)19/h2-11H2,1H3,(H,14,17)(H,18,19). The second-order valence-corrected chi connectivity index (χ2v) is 4.87. The lowest BCUT2D eigenvalue weighted by molar-refractivity contribution is -0.138. The molecule has 110 valence electrons. The maximum Gasteiger partial charge on any atom is 0.303 e. The van der Waals surface area contributed by atoms with Gasteiger partial charge in [-0.15, -0.1) is 0 Å². The number of carboxylic acids is 1. The predicted molar refractivity (Wildman–Crippen MR) is 73.1 cm³/mol. The molecule has 0 aromatic rings. The Balaban J connectivity index is 1.99. The van der Waals surface area contributed by atoms with E-state index in [4.69, 9.17) is 5.11 Å². The zero-order valence-electron chi connectivity index (χ0n) is 11.7. The molecule has 0 spiro atoms. The molecule has 0 bridgehead atoms. The monoisotopic (exact) mass is 271 g/mol. The Morgan fingerprint density at radius 3 is 2.32 bits per heavy atom. The summed E-state index contributed by atoms with van der Waals surface area (Å²) in [4.78, 5) is 26.4. The molecule has 1 amide bonds. The van der Waals surface area contributed by atoms with E-state index in [0.29, 0.717) is 6.54 Å². The van der Waals surface area contributed by atoms with Crippen molar-refractivity contribution in [2.24, 2.45) is 0 Å². The molecule has 6 nitrogen and oxygen atoms in total. The van der Waals surface area contributed by atoms with Crippen molar-refractivity contribution < 1.29 is 14.7 Å². The number of hydrogen-bond donors (Lipinski definition) is 2. The molecule has 1 fully saturated rings. The van der Waals surface area contributed by atoms with Crippen LogP contribution in [0.5, 0.6) is 0 Å². The fourth-order valence-corrected chi connectivity index (χ4v) is 2.17. The number of nitrogens with zero attached hydrogens (tertiary/aromatic N) is 2. The van der Waals surface area contributed by atoms with Crippen LogP contribution in [0.4, 0.5) is 0 Å². The van der Waals surface area contributed by atoms with Gasteiger partial charge in [0, 0.05) is 39.1 Å². The fourth-order valence-electron chi connectivity index (χ4n) is 2.17. The first kappa shape index (κ1) is 15.9. The lowest BCUT2D eigenvalue weighted by Crippen LogP contribution is -2.46. The molecule has 0 aromatic carbocycles. The van der Waals surface area contributed by atoms with Gasteiger partial charge in [0.15, 0.2) is 0 Å². The van der Waals surface area contributed by atoms with Crippen molar-refractivity contribution in [2.75, 3.05) is 45.8 Å². The Hall–Kier alpha value is -1.14. The van der Waals surface area contributed by atoms with Gasteiger partial charge in [-0.05, 0) is 19.5 Å². The lowest BCUT2D eigenvalue weighted by Gasteiger charge is -2.33. The summed E-state index contributed by atoms with van der Waals surface area (Å²) in [6.45, 7) is 9.38. The third-order valence-corrected chi connectivity index (χ3v) is 3.45. The summed E-state index contributed by atoms with van der Waals surface area (Å²) in [6.07, 6.45) is 0.903. The molecule has 1 aliphatic rings. The van der Waals surface area contributed by atoms with Crippen molar-refractivity contribution in [3.63, 3.8) is 0 Å². The van der Waals surface area contributed by atoms with Gasteiger partial charge in [-0.3, -0.25) is 9.59 Å². The van der Waals surface area contributed by atoms with Crippen LogP contribution in [-0.4, -0.2) is 72.6 Å². The largest absolute Gasteiger partial charge is 0.481 e. The molecule has 1 saturated heterocycles. The molecule has 1 aliphatic heterocycles. The number of nitrogens with one attached hydrogen (secondary N) is 1. The number of rotatable bonds is 8. The second kappa shape index (κ2) is 8.87. The van der Waals surface area contributed by atoms with E-state index in [1.54, 1.807) is 0 Å². The maximum atomic E-state index is 11.3. The van der Waals surface area contributed by atoms with E-state index in [1.165, 1.54) is 0 Å². The van der Waals surface area contributed by atoms with Gasteiger partial charge in [-0.25, -0.2) is 0 Å². The zero-order valence-corrected chi connectivity index (χ0v) is 11.7. The normalized spacial score (nSPS) is 17.3. The second-order valence-electron chi connectivity index (χ2n) is 4.87. The van der Waals surface area contributed by atoms with Gasteiger partial charge in [0.25, 0.3) is 0 Å². The highest BCUT2D eigenvalue weighted by atomic mass is 16.4. The Labute approximate surface area is 114 Å². The summed E-state index contributed by atoms with van der Waals surface area (Å²) in [5, 5.41) is 11.2. The molecule has 1 rings (SSSR count). The van der Waals surface area contributed by atoms with Crippen LogP contribution in [0.1, 0.15) is 26.2 Å². The average Bonchev–Trinajstić information content (AvgIpc) is 2.42. The number of carbonyl (C=O) groups is 2. The van der Waals surface area contributed by atoms with Crippen LogP contribution in [0.2, 0.25) is 0 Å². The summed E-state index contributed by atoms with van der Waals surface area (Å²) in [7, 11) is 0. The first-order valence-corrected chi connectivity index (χ1v) is 7.05. The van der Waals surface area contributed by atoms with Crippen LogP contribution < -0.4 is 5.32 Å². The topological polar surface area (TPSA) is 72.9 Å². The summed E-state index contributed by atoms with van der Waals surface area (Å²) in [6, 6.07) is 0. The summed E-state index contributed by atoms with van der Waals surface area (Å²) in [5.41, 5.74) is 0. The molecule has 0 unspecified atom stereocenters. The van der Waals surface area contributed by atoms with E-state index in [1.807, 2.05) is 0 Å². The van der Waals surface area contributed by atoms with Crippen LogP contribution in [-0.2, 0) is 9.59 Å². The predicted octanol–water partition coefficient (Wildman–Crippen LogP) is -0.00500. The summed E-state index contributed by atoms with van der Waals surface area (Å²) >= 11 is 0. The first-order valence-electron chi connectivity index (χ1n) is 7.05. The fraction of sp³-hybridized carbons (Fsp3) is 0.846. The van der Waals surface area contributed by atoms with Crippen molar-refractivity contribution in [3.8, 4) is 0 Å². The van der Waals surface area contributed by atoms with Crippen LogP contribution >= 0.6 is 0 Å². The van der Waals surface area contributed by atoms with E-state index in [2.05, 4.69) is 22.0 Å². The average molecular weight is 271 g/mol. The van der Waals surface area contributed by atoms with Crippen LogP contribution in [0, 0.1) is 0 Å². The molecule has 2 N–H and O–H groups in total. The third kappa shape index (κ3) is 7.12. The number of likely N-dealkylation sites (N-methyl/N-ethyl adjacent to an activating group) is 1. The number of hydrogen-bond acceptors (Lipinski definition) is 4. The van der Waals surface area contributed by atoms with Crippen molar-refractivity contribution in [2.45, 2.75) is 26.2 Å².